The van der Waals surface area contributed by atoms with Crippen molar-refractivity contribution in [3.63, 3.8) is 0 Å². The fourth-order valence-corrected chi connectivity index (χ4v) is 0.887. The molecule has 4 heteroatoms. The van der Waals surface area contributed by atoms with Gasteiger partial charge in [0, 0.05) is 12.6 Å². The Kier molecular flexibility index (Phi) is 2.38. The molecule has 12 heavy (non-hydrogen) atoms. The van der Waals surface area contributed by atoms with Crippen molar-refractivity contribution >= 4 is 5.84 Å². The molecule has 4 nitrogen and oxygen atoms in total. The minimum atomic E-state index is 0.0412. The summed E-state index contributed by atoms with van der Waals surface area (Å²) in [4.78, 5) is 3.84. The van der Waals surface area contributed by atoms with E-state index in [1.165, 1.54) is 0 Å². The van der Waals surface area contributed by atoms with Crippen LogP contribution in [-0.4, -0.2) is 10.8 Å². The van der Waals surface area contributed by atoms with Crippen molar-refractivity contribution in [2.75, 3.05) is 0 Å². The molecule has 0 saturated carbocycles. The Labute approximate surface area is 70.2 Å². The van der Waals surface area contributed by atoms with Gasteiger partial charge in [-0.25, -0.2) is 4.98 Å². The third kappa shape index (κ3) is 1.80. The van der Waals surface area contributed by atoms with Crippen molar-refractivity contribution in [1.29, 1.82) is 10.7 Å². The molecule has 0 atom stereocenters. The van der Waals surface area contributed by atoms with Crippen LogP contribution in [0.2, 0.25) is 0 Å². The van der Waals surface area contributed by atoms with E-state index in [1.807, 2.05) is 6.07 Å². The van der Waals surface area contributed by atoms with E-state index in [0.29, 0.717) is 11.3 Å². The molecular formula is C8H8N4. The summed E-state index contributed by atoms with van der Waals surface area (Å²) in [5, 5.41) is 15.7. The molecule has 0 aromatic carbocycles. The molecule has 0 bridgehead atoms. The fraction of sp³-hybridized carbons (Fsp3) is 0.125. The molecule has 0 fully saturated rings. The second-order valence-electron chi connectivity index (χ2n) is 2.32. The van der Waals surface area contributed by atoms with Gasteiger partial charge in [-0.15, -0.1) is 0 Å². The Morgan fingerprint density at radius 2 is 2.50 bits per heavy atom. The highest BCUT2D eigenvalue weighted by Gasteiger charge is 2.02. The zero-order valence-electron chi connectivity index (χ0n) is 6.41. The highest BCUT2D eigenvalue weighted by molar-refractivity contribution is 5.79. The zero-order chi connectivity index (χ0) is 8.97. The molecule has 0 spiro atoms. The van der Waals surface area contributed by atoms with Gasteiger partial charge < -0.3 is 5.73 Å². The van der Waals surface area contributed by atoms with Crippen LogP contribution in [-0.2, 0) is 6.42 Å². The number of nitriles is 1. The molecule has 0 radical (unpaired) electrons. The first-order valence-corrected chi connectivity index (χ1v) is 3.41. The number of nitrogens with zero attached hydrogens (tertiary/aromatic N) is 2. The second kappa shape index (κ2) is 3.49. The SMILES string of the molecule is N#Cc1ncccc1CC(=N)N. The second-order valence-corrected chi connectivity index (χ2v) is 2.32. The number of amidine groups is 1. The normalized spacial score (nSPS) is 8.92. The largest absolute Gasteiger partial charge is 0.387 e. The first-order chi connectivity index (χ1) is 5.74. The summed E-state index contributed by atoms with van der Waals surface area (Å²) in [6.45, 7) is 0. The van der Waals surface area contributed by atoms with Gasteiger partial charge in [-0.05, 0) is 11.6 Å². The zero-order valence-corrected chi connectivity index (χ0v) is 6.41. The average molecular weight is 160 g/mol. The van der Waals surface area contributed by atoms with Crippen molar-refractivity contribution in [2.45, 2.75) is 6.42 Å². The van der Waals surface area contributed by atoms with Gasteiger partial charge in [0.2, 0.25) is 0 Å². The van der Waals surface area contributed by atoms with Gasteiger partial charge in [0.25, 0.3) is 0 Å². The van der Waals surface area contributed by atoms with Crippen LogP contribution in [0.25, 0.3) is 0 Å². The molecule has 1 heterocycles. The van der Waals surface area contributed by atoms with Crippen LogP contribution < -0.4 is 5.73 Å². The predicted octanol–water partition coefficient (Wildman–Crippen LogP) is 0.432. The molecule has 0 amide bonds. The Morgan fingerprint density at radius 3 is 3.08 bits per heavy atom. The van der Waals surface area contributed by atoms with Gasteiger partial charge in [0.1, 0.15) is 11.8 Å². The Morgan fingerprint density at radius 1 is 1.75 bits per heavy atom. The van der Waals surface area contributed by atoms with Crippen LogP contribution in [0.3, 0.4) is 0 Å². The van der Waals surface area contributed by atoms with Crippen LogP contribution >= 0.6 is 0 Å². The van der Waals surface area contributed by atoms with Crippen molar-refractivity contribution in [1.82, 2.24) is 4.98 Å². The minimum Gasteiger partial charge on any atom is -0.387 e. The van der Waals surface area contributed by atoms with Crippen LogP contribution in [0.1, 0.15) is 11.3 Å². The molecule has 0 saturated heterocycles. The lowest BCUT2D eigenvalue weighted by Gasteiger charge is -1.99. The maximum Gasteiger partial charge on any atom is 0.144 e. The summed E-state index contributed by atoms with van der Waals surface area (Å²) < 4.78 is 0. The van der Waals surface area contributed by atoms with Crippen molar-refractivity contribution in [3.8, 4) is 6.07 Å². The number of nitrogens with one attached hydrogen (secondary N) is 1. The molecule has 3 N–H and O–H groups in total. The highest BCUT2D eigenvalue weighted by atomic mass is 14.7. The van der Waals surface area contributed by atoms with Crippen LogP contribution in [0.15, 0.2) is 18.3 Å². The van der Waals surface area contributed by atoms with Gasteiger partial charge >= 0.3 is 0 Å². The number of pyridine rings is 1. The number of rotatable bonds is 2. The van der Waals surface area contributed by atoms with Crippen LogP contribution in [0, 0.1) is 16.7 Å². The third-order valence-corrected chi connectivity index (χ3v) is 1.38. The molecule has 0 aliphatic carbocycles. The molecule has 60 valence electrons. The summed E-state index contributed by atoms with van der Waals surface area (Å²) >= 11 is 0. The lowest BCUT2D eigenvalue weighted by Crippen LogP contribution is -2.13. The van der Waals surface area contributed by atoms with E-state index in [9.17, 15) is 0 Å². The van der Waals surface area contributed by atoms with Gasteiger partial charge in [-0.1, -0.05) is 6.07 Å². The topological polar surface area (TPSA) is 86.5 Å². The van der Waals surface area contributed by atoms with E-state index < -0.39 is 0 Å². The molecule has 0 unspecified atom stereocenters. The summed E-state index contributed by atoms with van der Waals surface area (Å²) in [5.41, 5.74) is 6.24. The summed E-state index contributed by atoms with van der Waals surface area (Å²) in [7, 11) is 0. The number of nitrogens with two attached hydrogens (primary N) is 1. The Balaban J connectivity index is 2.99. The minimum absolute atomic E-state index is 0.0412. The quantitative estimate of drug-likeness (QED) is 0.486. The number of hydrogen-bond acceptors (Lipinski definition) is 3. The van der Waals surface area contributed by atoms with Crippen molar-refractivity contribution in [2.24, 2.45) is 5.73 Å². The molecule has 1 aromatic heterocycles. The Bertz CT molecular complexity index is 337. The van der Waals surface area contributed by atoms with E-state index >= 15 is 0 Å². The Hall–Kier alpha value is -1.89. The monoisotopic (exact) mass is 160 g/mol. The van der Waals surface area contributed by atoms with Crippen LogP contribution in [0.4, 0.5) is 0 Å². The maximum absolute atomic E-state index is 8.61. The van der Waals surface area contributed by atoms with Crippen molar-refractivity contribution < 1.29 is 0 Å². The summed E-state index contributed by atoms with van der Waals surface area (Å²) in [6, 6.07) is 5.40. The van der Waals surface area contributed by atoms with E-state index in [2.05, 4.69) is 4.98 Å². The van der Waals surface area contributed by atoms with E-state index in [-0.39, 0.29) is 12.3 Å². The van der Waals surface area contributed by atoms with Gasteiger partial charge in [-0.3, -0.25) is 5.41 Å². The molecular weight excluding hydrogens is 152 g/mol. The average Bonchev–Trinajstić information content (AvgIpc) is 2.04. The lowest BCUT2D eigenvalue weighted by atomic mass is 10.1. The van der Waals surface area contributed by atoms with E-state index in [0.717, 1.165) is 0 Å². The molecule has 0 aliphatic heterocycles. The highest BCUT2D eigenvalue weighted by Crippen LogP contribution is 2.03. The van der Waals surface area contributed by atoms with Gasteiger partial charge in [0.15, 0.2) is 0 Å². The van der Waals surface area contributed by atoms with E-state index in [4.69, 9.17) is 16.4 Å². The molecule has 1 aromatic rings. The summed E-state index contributed by atoms with van der Waals surface area (Å²) in [5.74, 6) is 0.0412. The first-order valence-electron chi connectivity index (χ1n) is 3.41. The van der Waals surface area contributed by atoms with Crippen LogP contribution in [0.5, 0.6) is 0 Å². The van der Waals surface area contributed by atoms with Crippen molar-refractivity contribution in [3.05, 3.63) is 29.6 Å². The third-order valence-electron chi connectivity index (χ3n) is 1.38. The van der Waals surface area contributed by atoms with E-state index in [1.54, 1.807) is 18.3 Å². The maximum atomic E-state index is 8.61. The smallest absolute Gasteiger partial charge is 0.144 e. The first kappa shape index (κ1) is 8.21. The molecule has 1 rings (SSSR count). The predicted molar refractivity (Wildman–Crippen MR) is 44.6 cm³/mol. The standard InChI is InChI=1S/C8H8N4/c9-5-7-6(4-8(10)11)2-1-3-12-7/h1-3H,4H2,(H3,10,11). The summed E-state index contributed by atoms with van der Waals surface area (Å²) in [6.07, 6.45) is 1.83. The van der Waals surface area contributed by atoms with Gasteiger partial charge in [-0.2, -0.15) is 5.26 Å². The lowest BCUT2D eigenvalue weighted by molar-refractivity contribution is 1.15. The van der Waals surface area contributed by atoms with Gasteiger partial charge in [0.05, 0.1) is 5.84 Å². The number of hydrogen-bond donors (Lipinski definition) is 2. The fourth-order valence-electron chi connectivity index (χ4n) is 0.887. The molecule has 0 aliphatic rings. The number of aromatic nitrogens is 1.